The summed E-state index contributed by atoms with van der Waals surface area (Å²) in [5.41, 5.74) is 1.47. The van der Waals surface area contributed by atoms with E-state index >= 15 is 0 Å². The van der Waals surface area contributed by atoms with E-state index in [1.165, 1.54) is 4.90 Å². The second kappa shape index (κ2) is 13.5. The molecule has 0 saturated carbocycles. The van der Waals surface area contributed by atoms with Gasteiger partial charge >= 0.3 is 0 Å². The first-order valence-corrected chi connectivity index (χ1v) is 12.9. The van der Waals surface area contributed by atoms with Crippen molar-refractivity contribution in [2.45, 2.75) is 45.3 Å². The highest BCUT2D eigenvalue weighted by Gasteiger charge is 2.32. The molecule has 0 aliphatic rings. The summed E-state index contributed by atoms with van der Waals surface area (Å²) in [6.07, 6.45) is 1.06. The number of carbonyl (C=O) groups excluding carboxylic acids is 2. The Morgan fingerprint density at radius 3 is 2.14 bits per heavy atom. The molecule has 0 heterocycles. The summed E-state index contributed by atoms with van der Waals surface area (Å²) >= 11 is 19.1. The van der Waals surface area contributed by atoms with Crippen molar-refractivity contribution in [3.8, 4) is 5.75 Å². The summed E-state index contributed by atoms with van der Waals surface area (Å²) in [6.45, 7) is 3.64. The van der Waals surface area contributed by atoms with Gasteiger partial charge in [0.2, 0.25) is 5.91 Å². The Labute approximate surface area is 227 Å². The zero-order chi connectivity index (χ0) is 26.1. The molecule has 3 aromatic carbocycles. The van der Waals surface area contributed by atoms with Crippen molar-refractivity contribution in [1.29, 1.82) is 0 Å². The van der Waals surface area contributed by atoms with Crippen LogP contribution in [-0.4, -0.2) is 35.4 Å². The van der Waals surface area contributed by atoms with E-state index in [9.17, 15) is 9.59 Å². The number of nitrogens with one attached hydrogen (secondary N) is 1. The number of carbonyl (C=O) groups is 2. The molecule has 36 heavy (non-hydrogen) atoms. The van der Waals surface area contributed by atoms with E-state index < -0.39 is 11.9 Å². The summed E-state index contributed by atoms with van der Waals surface area (Å²) in [6, 6.07) is 20.7. The first-order chi connectivity index (χ1) is 17.3. The molecule has 5 nitrogen and oxygen atoms in total. The molecule has 190 valence electrons. The molecule has 0 spiro atoms. The lowest BCUT2D eigenvalue weighted by Crippen LogP contribution is -2.53. The van der Waals surface area contributed by atoms with Gasteiger partial charge in [-0.2, -0.15) is 0 Å². The summed E-state index contributed by atoms with van der Waals surface area (Å²) in [5.74, 6) is -0.277. The standard InChI is InChI=1S/C28H29Cl3N2O3/c1-3-19(2)32-28(35)25(16-20-10-5-4-6-11-20)33(17-21-22(29)13-9-14-23(21)30)27(34)18-36-26-15-8-7-12-24(26)31/h4-15,19,25H,3,16-18H2,1-2H3,(H,32,35)/t19-,25-/m1/s1. The maximum Gasteiger partial charge on any atom is 0.261 e. The van der Waals surface area contributed by atoms with Crippen LogP contribution in [0.1, 0.15) is 31.4 Å². The van der Waals surface area contributed by atoms with Crippen LogP contribution in [0.2, 0.25) is 15.1 Å². The highest BCUT2D eigenvalue weighted by Crippen LogP contribution is 2.28. The Balaban J connectivity index is 1.97. The minimum Gasteiger partial charge on any atom is -0.482 e. The number of para-hydroxylation sites is 1. The van der Waals surface area contributed by atoms with Gasteiger partial charge in [-0.1, -0.05) is 90.3 Å². The Morgan fingerprint density at radius 2 is 1.50 bits per heavy atom. The number of ether oxygens (including phenoxy) is 1. The smallest absolute Gasteiger partial charge is 0.261 e. The van der Waals surface area contributed by atoms with E-state index in [-0.39, 0.29) is 25.1 Å². The van der Waals surface area contributed by atoms with Gasteiger partial charge in [0.15, 0.2) is 6.61 Å². The number of rotatable bonds is 11. The maximum atomic E-state index is 13.6. The van der Waals surface area contributed by atoms with Gasteiger partial charge in [0, 0.05) is 34.6 Å². The molecule has 2 atom stereocenters. The molecule has 1 N–H and O–H groups in total. The average Bonchev–Trinajstić information content (AvgIpc) is 2.87. The van der Waals surface area contributed by atoms with Crippen LogP contribution in [0.15, 0.2) is 72.8 Å². The maximum absolute atomic E-state index is 13.6. The van der Waals surface area contributed by atoms with Crippen molar-refractivity contribution in [2.75, 3.05) is 6.61 Å². The first-order valence-electron chi connectivity index (χ1n) is 11.7. The van der Waals surface area contributed by atoms with Gasteiger partial charge in [-0.15, -0.1) is 0 Å². The van der Waals surface area contributed by atoms with Crippen LogP contribution in [0, 0.1) is 0 Å². The largest absolute Gasteiger partial charge is 0.482 e. The highest BCUT2D eigenvalue weighted by atomic mass is 35.5. The van der Waals surface area contributed by atoms with E-state index in [4.69, 9.17) is 39.5 Å². The molecule has 0 unspecified atom stereocenters. The van der Waals surface area contributed by atoms with Crippen molar-refractivity contribution < 1.29 is 14.3 Å². The van der Waals surface area contributed by atoms with Gasteiger partial charge < -0.3 is 15.0 Å². The first kappa shape index (κ1) is 27.9. The number of halogens is 3. The van der Waals surface area contributed by atoms with Crippen molar-refractivity contribution in [3.05, 3.63) is 99.0 Å². The molecule has 0 fully saturated rings. The molecule has 0 bridgehead atoms. The fraction of sp³-hybridized carbons (Fsp3) is 0.286. The number of hydrogen-bond acceptors (Lipinski definition) is 3. The monoisotopic (exact) mass is 546 g/mol. The van der Waals surface area contributed by atoms with Crippen molar-refractivity contribution >= 4 is 46.6 Å². The second-order valence-corrected chi connectivity index (χ2v) is 9.69. The predicted molar refractivity (Wildman–Crippen MR) is 146 cm³/mol. The molecule has 8 heteroatoms. The average molecular weight is 548 g/mol. The van der Waals surface area contributed by atoms with E-state index in [1.807, 2.05) is 44.2 Å². The quantitative estimate of drug-likeness (QED) is 0.295. The predicted octanol–water partition coefficient (Wildman–Crippen LogP) is 6.58. The minimum atomic E-state index is -0.823. The topological polar surface area (TPSA) is 58.6 Å². The molecule has 0 radical (unpaired) electrons. The molecule has 0 aliphatic heterocycles. The SMILES string of the molecule is CC[C@@H](C)NC(=O)[C@@H](Cc1ccccc1)N(Cc1c(Cl)cccc1Cl)C(=O)COc1ccccc1Cl. The van der Waals surface area contributed by atoms with Gasteiger partial charge in [-0.25, -0.2) is 0 Å². The molecule has 3 rings (SSSR count). The van der Waals surface area contributed by atoms with Crippen LogP contribution in [0.5, 0.6) is 5.75 Å². The van der Waals surface area contributed by atoms with Crippen LogP contribution in [-0.2, 0) is 22.6 Å². The van der Waals surface area contributed by atoms with E-state index in [0.717, 1.165) is 12.0 Å². The molecular weight excluding hydrogens is 519 g/mol. The number of benzene rings is 3. The molecule has 0 aromatic heterocycles. The molecule has 0 saturated heterocycles. The highest BCUT2D eigenvalue weighted by molar-refractivity contribution is 6.36. The normalized spacial score (nSPS) is 12.5. The van der Waals surface area contributed by atoms with Gasteiger partial charge in [0.05, 0.1) is 5.02 Å². The number of nitrogens with zero attached hydrogens (tertiary/aromatic N) is 1. The molecule has 3 aromatic rings. The van der Waals surface area contributed by atoms with Crippen LogP contribution < -0.4 is 10.1 Å². The van der Waals surface area contributed by atoms with E-state index in [2.05, 4.69) is 5.32 Å². The van der Waals surface area contributed by atoms with Crippen molar-refractivity contribution in [3.63, 3.8) is 0 Å². The van der Waals surface area contributed by atoms with Crippen molar-refractivity contribution in [2.24, 2.45) is 0 Å². The van der Waals surface area contributed by atoms with Crippen molar-refractivity contribution in [1.82, 2.24) is 10.2 Å². The van der Waals surface area contributed by atoms with Gasteiger partial charge in [-0.3, -0.25) is 9.59 Å². The third-order valence-electron chi connectivity index (χ3n) is 5.85. The van der Waals surface area contributed by atoms with Gasteiger partial charge in [0.25, 0.3) is 5.91 Å². The lowest BCUT2D eigenvalue weighted by atomic mass is 10.0. The van der Waals surface area contributed by atoms with Gasteiger partial charge in [-0.05, 0) is 43.2 Å². The summed E-state index contributed by atoms with van der Waals surface area (Å²) in [4.78, 5) is 28.6. The van der Waals surface area contributed by atoms with Crippen LogP contribution >= 0.6 is 34.8 Å². The number of amides is 2. The Bertz CT molecular complexity index is 1150. The Morgan fingerprint density at radius 1 is 0.889 bits per heavy atom. The minimum absolute atomic E-state index is 0.0364. The molecular formula is C28H29Cl3N2O3. The fourth-order valence-electron chi connectivity index (χ4n) is 3.63. The summed E-state index contributed by atoms with van der Waals surface area (Å²) in [7, 11) is 0. The Kier molecular flexibility index (Phi) is 10.5. The fourth-order valence-corrected chi connectivity index (χ4v) is 4.34. The van der Waals surface area contributed by atoms with Gasteiger partial charge in [0.1, 0.15) is 11.8 Å². The lowest BCUT2D eigenvalue weighted by molar-refractivity contribution is -0.143. The third kappa shape index (κ3) is 7.63. The second-order valence-electron chi connectivity index (χ2n) is 8.46. The zero-order valence-corrected chi connectivity index (χ0v) is 22.5. The summed E-state index contributed by atoms with van der Waals surface area (Å²) in [5, 5.41) is 4.23. The third-order valence-corrected chi connectivity index (χ3v) is 6.87. The molecule has 0 aliphatic carbocycles. The lowest BCUT2D eigenvalue weighted by Gasteiger charge is -2.32. The summed E-state index contributed by atoms with van der Waals surface area (Å²) < 4.78 is 5.74. The van der Waals surface area contributed by atoms with E-state index in [0.29, 0.717) is 32.8 Å². The molecule has 2 amide bonds. The van der Waals surface area contributed by atoms with Crippen LogP contribution in [0.3, 0.4) is 0 Å². The Hall–Kier alpha value is -2.73. The zero-order valence-electron chi connectivity index (χ0n) is 20.2. The van der Waals surface area contributed by atoms with Crippen LogP contribution in [0.25, 0.3) is 0 Å². The number of hydrogen-bond donors (Lipinski definition) is 1. The van der Waals surface area contributed by atoms with E-state index in [1.54, 1.807) is 42.5 Å². The van der Waals surface area contributed by atoms with Crippen LogP contribution in [0.4, 0.5) is 0 Å².